The van der Waals surface area contributed by atoms with Gasteiger partial charge in [-0.2, -0.15) is 8.78 Å². The fraction of sp³-hybridized carbons (Fsp3) is 0.417. The Morgan fingerprint density at radius 3 is 2.56 bits per heavy atom. The van der Waals surface area contributed by atoms with Crippen molar-refractivity contribution in [2.45, 2.75) is 30.4 Å². The van der Waals surface area contributed by atoms with Crippen LogP contribution in [0.5, 0.6) is 0 Å². The molecule has 0 radical (unpaired) electrons. The third-order valence-corrected chi connectivity index (χ3v) is 4.01. The van der Waals surface area contributed by atoms with Gasteiger partial charge in [0.05, 0.1) is 11.4 Å². The Kier molecular flexibility index (Phi) is 4.99. The van der Waals surface area contributed by atoms with Crippen LogP contribution in [0.1, 0.15) is 19.4 Å². The first kappa shape index (κ1) is 15.2. The molecule has 1 N–H and O–H groups in total. The van der Waals surface area contributed by atoms with E-state index in [1.54, 1.807) is 0 Å². The van der Waals surface area contributed by atoms with Gasteiger partial charge in [0.2, 0.25) is 0 Å². The SMILES string of the molecule is CC(C)C(F)(F)Sc1ccc(CC(=O)O)cc1Cl. The molecule has 0 aromatic heterocycles. The van der Waals surface area contributed by atoms with E-state index < -0.39 is 17.1 Å². The normalized spacial score (nSPS) is 11.9. The number of carbonyl (C=O) groups is 1. The van der Waals surface area contributed by atoms with Gasteiger partial charge in [-0.1, -0.05) is 43.3 Å². The highest BCUT2D eigenvalue weighted by Gasteiger charge is 2.35. The second kappa shape index (κ2) is 5.89. The van der Waals surface area contributed by atoms with Crippen molar-refractivity contribution in [2.75, 3.05) is 0 Å². The molecule has 0 aliphatic heterocycles. The molecule has 0 aliphatic rings. The molecule has 1 rings (SSSR count). The van der Waals surface area contributed by atoms with Gasteiger partial charge in [-0.25, -0.2) is 0 Å². The lowest BCUT2D eigenvalue weighted by molar-refractivity contribution is -0.136. The summed E-state index contributed by atoms with van der Waals surface area (Å²) in [5.41, 5.74) is 0.490. The highest BCUT2D eigenvalue weighted by Crippen LogP contribution is 2.43. The van der Waals surface area contributed by atoms with Crippen LogP contribution in [0.25, 0.3) is 0 Å². The zero-order valence-corrected chi connectivity index (χ0v) is 11.5. The Labute approximate surface area is 113 Å². The molecule has 2 nitrogen and oxygen atoms in total. The second-order valence-electron chi connectivity index (χ2n) is 4.15. The molecule has 0 atom stereocenters. The van der Waals surface area contributed by atoms with Gasteiger partial charge in [0.15, 0.2) is 0 Å². The minimum absolute atomic E-state index is 0.152. The molecular weight excluding hydrogens is 282 g/mol. The van der Waals surface area contributed by atoms with E-state index in [0.29, 0.717) is 17.3 Å². The molecule has 0 aliphatic carbocycles. The minimum Gasteiger partial charge on any atom is -0.481 e. The second-order valence-corrected chi connectivity index (χ2v) is 5.75. The monoisotopic (exact) mass is 294 g/mol. The Morgan fingerprint density at radius 1 is 1.50 bits per heavy atom. The summed E-state index contributed by atoms with van der Waals surface area (Å²) < 4.78 is 27.1. The van der Waals surface area contributed by atoms with E-state index in [4.69, 9.17) is 16.7 Å². The molecule has 6 heteroatoms. The lowest BCUT2D eigenvalue weighted by atomic mass is 10.1. The van der Waals surface area contributed by atoms with Crippen molar-refractivity contribution in [3.05, 3.63) is 28.8 Å². The fourth-order valence-corrected chi connectivity index (χ4v) is 2.32. The number of hydrogen-bond donors (Lipinski definition) is 1. The largest absolute Gasteiger partial charge is 0.481 e. The first-order chi connectivity index (χ1) is 8.22. The van der Waals surface area contributed by atoms with E-state index in [1.807, 2.05) is 0 Å². The maximum Gasteiger partial charge on any atom is 0.307 e. The molecular formula is C12H13ClF2O2S. The van der Waals surface area contributed by atoms with Crippen molar-refractivity contribution in [3.63, 3.8) is 0 Å². The highest BCUT2D eigenvalue weighted by molar-refractivity contribution is 8.00. The van der Waals surface area contributed by atoms with Gasteiger partial charge >= 0.3 is 5.97 Å². The maximum absolute atomic E-state index is 13.5. The molecule has 18 heavy (non-hydrogen) atoms. The third-order valence-electron chi connectivity index (χ3n) is 2.27. The van der Waals surface area contributed by atoms with Crippen LogP contribution in [0.3, 0.4) is 0 Å². The summed E-state index contributed by atoms with van der Waals surface area (Å²) in [6.45, 7) is 2.86. The van der Waals surface area contributed by atoms with Crippen molar-refractivity contribution in [3.8, 4) is 0 Å². The average molecular weight is 295 g/mol. The van der Waals surface area contributed by atoms with Crippen LogP contribution in [0.15, 0.2) is 23.1 Å². The standard InChI is InChI=1S/C12H13ClF2O2S/c1-7(2)12(14,15)18-10-4-3-8(5-9(10)13)6-11(16)17/h3-5,7H,6H2,1-2H3,(H,16,17). The van der Waals surface area contributed by atoms with Crippen molar-refractivity contribution in [1.29, 1.82) is 0 Å². The molecule has 0 spiro atoms. The molecule has 0 bridgehead atoms. The number of hydrogen-bond acceptors (Lipinski definition) is 2. The molecule has 0 saturated heterocycles. The van der Waals surface area contributed by atoms with Crippen molar-refractivity contribution in [2.24, 2.45) is 5.92 Å². The van der Waals surface area contributed by atoms with Gasteiger partial charge in [-0.15, -0.1) is 0 Å². The molecule has 0 fully saturated rings. The van der Waals surface area contributed by atoms with E-state index >= 15 is 0 Å². The number of halogens is 3. The van der Waals surface area contributed by atoms with Crippen LogP contribution in [0.4, 0.5) is 8.78 Å². The number of rotatable bonds is 5. The van der Waals surface area contributed by atoms with Crippen LogP contribution in [-0.2, 0) is 11.2 Å². The van der Waals surface area contributed by atoms with Gasteiger partial charge in [0, 0.05) is 10.8 Å². The lowest BCUT2D eigenvalue weighted by Gasteiger charge is -2.20. The van der Waals surface area contributed by atoms with E-state index in [1.165, 1.54) is 32.0 Å². The van der Waals surface area contributed by atoms with Crippen LogP contribution < -0.4 is 0 Å². The number of alkyl halides is 2. The summed E-state index contributed by atoms with van der Waals surface area (Å²) in [6.07, 6.45) is -0.175. The molecule has 0 saturated carbocycles. The zero-order valence-electron chi connectivity index (χ0n) is 9.91. The summed E-state index contributed by atoms with van der Waals surface area (Å²) in [7, 11) is 0. The van der Waals surface area contributed by atoms with Crippen LogP contribution in [0.2, 0.25) is 5.02 Å². The van der Waals surface area contributed by atoms with Crippen molar-refractivity contribution in [1.82, 2.24) is 0 Å². The topological polar surface area (TPSA) is 37.3 Å². The molecule has 0 unspecified atom stereocenters. The molecule has 100 valence electrons. The van der Waals surface area contributed by atoms with E-state index in [9.17, 15) is 13.6 Å². The summed E-state index contributed by atoms with van der Waals surface area (Å²) in [6, 6.07) is 4.34. The van der Waals surface area contributed by atoms with Crippen LogP contribution in [-0.4, -0.2) is 16.3 Å². The Balaban J connectivity index is 2.89. The smallest absolute Gasteiger partial charge is 0.307 e. The predicted molar refractivity (Wildman–Crippen MR) is 68.4 cm³/mol. The summed E-state index contributed by atoms with van der Waals surface area (Å²) >= 11 is 6.27. The Bertz CT molecular complexity index is 450. The summed E-state index contributed by atoms with van der Waals surface area (Å²) in [5.74, 6) is -1.80. The highest BCUT2D eigenvalue weighted by atomic mass is 35.5. The first-order valence-corrected chi connectivity index (χ1v) is 6.49. The van der Waals surface area contributed by atoms with Crippen molar-refractivity contribution >= 4 is 29.3 Å². The number of benzene rings is 1. The number of thioether (sulfide) groups is 1. The number of carboxylic acids is 1. The van der Waals surface area contributed by atoms with Gasteiger partial charge in [0.1, 0.15) is 0 Å². The number of aliphatic carboxylic acids is 1. The zero-order chi connectivity index (χ0) is 13.9. The van der Waals surface area contributed by atoms with Crippen molar-refractivity contribution < 1.29 is 18.7 Å². The number of carboxylic acid groups (broad SMARTS) is 1. The lowest BCUT2D eigenvalue weighted by Crippen LogP contribution is -2.18. The van der Waals surface area contributed by atoms with Gasteiger partial charge in [0.25, 0.3) is 5.25 Å². The molecule has 1 aromatic carbocycles. The van der Waals surface area contributed by atoms with E-state index in [0.717, 1.165) is 0 Å². The molecule has 1 aromatic rings. The molecule has 0 heterocycles. The summed E-state index contributed by atoms with van der Waals surface area (Å²) in [4.78, 5) is 10.8. The summed E-state index contributed by atoms with van der Waals surface area (Å²) in [5, 5.41) is 5.87. The third kappa shape index (κ3) is 4.14. The van der Waals surface area contributed by atoms with E-state index in [-0.39, 0.29) is 16.3 Å². The first-order valence-electron chi connectivity index (χ1n) is 5.29. The molecule has 0 amide bonds. The van der Waals surface area contributed by atoms with Crippen LogP contribution in [0, 0.1) is 5.92 Å². The van der Waals surface area contributed by atoms with Crippen LogP contribution >= 0.6 is 23.4 Å². The van der Waals surface area contributed by atoms with Gasteiger partial charge in [-0.05, 0) is 17.7 Å². The van der Waals surface area contributed by atoms with Gasteiger partial charge < -0.3 is 5.11 Å². The van der Waals surface area contributed by atoms with Gasteiger partial charge in [-0.3, -0.25) is 4.79 Å². The van der Waals surface area contributed by atoms with E-state index in [2.05, 4.69) is 0 Å². The Morgan fingerprint density at radius 2 is 2.11 bits per heavy atom. The Hall–Kier alpha value is -0.810. The maximum atomic E-state index is 13.5. The fourth-order valence-electron chi connectivity index (χ4n) is 1.18. The predicted octanol–water partition coefficient (Wildman–Crippen LogP) is 4.31. The minimum atomic E-state index is -2.90. The quantitative estimate of drug-likeness (QED) is 0.822. The average Bonchev–Trinajstić information content (AvgIpc) is 2.21.